The van der Waals surface area contributed by atoms with Crippen molar-refractivity contribution in [2.45, 2.75) is 6.54 Å². The summed E-state index contributed by atoms with van der Waals surface area (Å²) in [7, 11) is -3.22. The summed E-state index contributed by atoms with van der Waals surface area (Å²) >= 11 is 0. The lowest BCUT2D eigenvalue weighted by Crippen LogP contribution is -2.21. The number of hydrogen-bond donors (Lipinski definition) is 1. The number of sulfonamides is 1. The van der Waals surface area contributed by atoms with Crippen molar-refractivity contribution >= 4 is 27.2 Å². The summed E-state index contributed by atoms with van der Waals surface area (Å²) < 4.78 is 24.9. The summed E-state index contributed by atoms with van der Waals surface area (Å²) in [5.74, 6) is 0.713. The first-order valence-electron chi connectivity index (χ1n) is 7.53. The quantitative estimate of drug-likeness (QED) is 0.730. The zero-order valence-electron chi connectivity index (χ0n) is 13.6. The zero-order valence-corrected chi connectivity index (χ0v) is 14.4. The zero-order chi connectivity index (χ0) is 17.7. The van der Waals surface area contributed by atoms with Gasteiger partial charge in [-0.2, -0.15) is 0 Å². The third-order valence-electron chi connectivity index (χ3n) is 3.43. The lowest BCUT2D eigenvalue weighted by molar-refractivity contribution is 0.587. The smallest absolute Gasteiger partial charge is 0.209 e. The van der Waals surface area contributed by atoms with E-state index in [9.17, 15) is 8.42 Å². The highest BCUT2D eigenvalue weighted by atomic mass is 32.2. The molecule has 128 valence electrons. The molecule has 2 heterocycles. The first kappa shape index (κ1) is 17.0. The van der Waals surface area contributed by atoms with Gasteiger partial charge in [-0.3, -0.25) is 9.88 Å². The molecule has 2 aromatic heterocycles. The second kappa shape index (κ2) is 7.37. The van der Waals surface area contributed by atoms with Crippen LogP contribution >= 0.6 is 0 Å². The Kier molecular flexibility index (Phi) is 5.01. The minimum atomic E-state index is -3.22. The van der Waals surface area contributed by atoms with E-state index in [0.717, 1.165) is 23.2 Å². The molecule has 0 fully saturated rings. The van der Waals surface area contributed by atoms with E-state index in [4.69, 9.17) is 0 Å². The van der Waals surface area contributed by atoms with Crippen LogP contribution in [0.3, 0.4) is 0 Å². The van der Waals surface area contributed by atoms with Crippen LogP contribution in [0.4, 0.5) is 17.2 Å². The van der Waals surface area contributed by atoms with E-state index in [1.54, 1.807) is 18.6 Å². The third-order valence-corrected chi connectivity index (χ3v) is 4.10. The van der Waals surface area contributed by atoms with Gasteiger partial charge in [0.15, 0.2) is 0 Å². The number of anilines is 3. The molecule has 0 saturated carbocycles. The monoisotopic (exact) mass is 355 g/mol. The van der Waals surface area contributed by atoms with E-state index >= 15 is 0 Å². The summed E-state index contributed by atoms with van der Waals surface area (Å²) in [6, 6.07) is 13.2. The minimum absolute atomic E-state index is 0.250. The highest BCUT2D eigenvalue weighted by molar-refractivity contribution is 7.88. The molecule has 1 aromatic carbocycles. The van der Waals surface area contributed by atoms with Crippen LogP contribution in [0.1, 0.15) is 5.56 Å². The lowest BCUT2D eigenvalue weighted by Gasteiger charge is -2.23. The number of aromatic nitrogens is 3. The maximum absolute atomic E-state index is 11.2. The molecular formula is C17H17N5O2S. The standard InChI is InChI=1S/C17H17N5O2S/c1-25(23,24)21-11-14-4-6-15(7-5-14)22(16-3-2-9-18-12-16)17-8-10-19-13-20-17/h2-10,12-13,21H,11H2,1H3. The van der Waals surface area contributed by atoms with Gasteiger partial charge in [0.05, 0.1) is 18.1 Å². The SMILES string of the molecule is CS(=O)(=O)NCc1ccc(N(c2cccnc2)c2ccncn2)cc1. The molecule has 0 aliphatic heterocycles. The summed E-state index contributed by atoms with van der Waals surface area (Å²) in [5, 5.41) is 0. The number of nitrogens with zero attached hydrogens (tertiary/aromatic N) is 4. The average molecular weight is 355 g/mol. The molecule has 0 atom stereocenters. The van der Waals surface area contributed by atoms with Crippen LogP contribution in [0.15, 0.2) is 67.4 Å². The van der Waals surface area contributed by atoms with Crippen molar-refractivity contribution in [3.8, 4) is 0 Å². The maximum Gasteiger partial charge on any atom is 0.209 e. The summed E-state index contributed by atoms with van der Waals surface area (Å²) in [4.78, 5) is 14.4. The number of benzene rings is 1. The van der Waals surface area contributed by atoms with Crippen LogP contribution in [0.5, 0.6) is 0 Å². The predicted molar refractivity (Wildman–Crippen MR) is 96.2 cm³/mol. The molecule has 0 amide bonds. The average Bonchev–Trinajstić information content (AvgIpc) is 2.62. The second-order valence-electron chi connectivity index (χ2n) is 5.37. The normalized spacial score (nSPS) is 11.2. The Balaban J connectivity index is 1.92. The molecule has 1 N–H and O–H groups in total. The van der Waals surface area contributed by atoms with Crippen LogP contribution in [-0.2, 0) is 16.6 Å². The predicted octanol–water partition coefficient (Wildman–Crippen LogP) is 2.39. The molecule has 0 spiro atoms. The molecule has 0 bridgehead atoms. The van der Waals surface area contributed by atoms with E-state index in [0.29, 0.717) is 5.82 Å². The molecular weight excluding hydrogens is 338 g/mol. The van der Waals surface area contributed by atoms with Crippen LogP contribution in [0.2, 0.25) is 0 Å². The molecule has 25 heavy (non-hydrogen) atoms. The summed E-state index contributed by atoms with van der Waals surface area (Å²) in [6.45, 7) is 0.250. The molecule has 0 aliphatic rings. The molecule has 3 rings (SSSR count). The van der Waals surface area contributed by atoms with Crippen molar-refractivity contribution in [3.63, 3.8) is 0 Å². The van der Waals surface area contributed by atoms with Gasteiger partial charge in [0.25, 0.3) is 0 Å². The van der Waals surface area contributed by atoms with Gasteiger partial charge in [-0.25, -0.2) is 23.1 Å². The topological polar surface area (TPSA) is 88.1 Å². The fourth-order valence-corrected chi connectivity index (χ4v) is 2.72. The van der Waals surface area contributed by atoms with Crippen LogP contribution in [0.25, 0.3) is 0 Å². The highest BCUT2D eigenvalue weighted by Gasteiger charge is 2.13. The van der Waals surface area contributed by atoms with Crippen LogP contribution in [0, 0.1) is 0 Å². The van der Waals surface area contributed by atoms with Crippen molar-refractivity contribution in [1.82, 2.24) is 19.7 Å². The van der Waals surface area contributed by atoms with Gasteiger partial charge in [0, 0.05) is 24.6 Å². The molecule has 0 unspecified atom stereocenters. The summed E-state index contributed by atoms with van der Waals surface area (Å²) in [5.41, 5.74) is 2.61. The van der Waals surface area contributed by atoms with E-state index < -0.39 is 10.0 Å². The van der Waals surface area contributed by atoms with Crippen molar-refractivity contribution in [2.75, 3.05) is 11.2 Å². The Labute approximate surface area is 146 Å². The molecule has 0 saturated heterocycles. The fourth-order valence-electron chi connectivity index (χ4n) is 2.29. The molecule has 7 nitrogen and oxygen atoms in total. The fraction of sp³-hybridized carbons (Fsp3) is 0.118. The summed E-state index contributed by atoms with van der Waals surface area (Å²) in [6.07, 6.45) is 7.77. The minimum Gasteiger partial charge on any atom is -0.293 e. The van der Waals surface area contributed by atoms with Gasteiger partial charge in [0.1, 0.15) is 12.1 Å². The number of pyridine rings is 1. The van der Waals surface area contributed by atoms with Gasteiger partial charge in [-0.05, 0) is 35.9 Å². The number of nitrogens with one attached hydrogen (secondary N) is 1. The Morgan fingerprint density at radius 3 is 2.40 bits per heavy atom. The van der Waals surface area contributed by atoms with Crippen LogP contribution < -0.4 is 9.62 Å². The van der Waals surface area contributed by atoms with Crippen molar-refractivity contribution in [3.05, 3.63) is 72.9 Å². The first-order chi connectivity index (χ1) is 12.0. The lowest BCUT2D eigenvalue weighted by atomic mass is 10.2. The first-order valence-corrected chi connectivity index (χ1v) is 9.42. The molecule has 0 aliphatic carbocycles. The van der Waals surface area contributed by atoms with Crippen molar-refractivity contribution in [1.29, 1.82) is 0 Å². The van der Waals surface area contributed by atoms with Crippen molar-refractivity contribution in [2.24, 2.45) is 0 Å². The van der Waals surface area contributed by atoms with E-state index in [2.05, 4.69) is 19.7 Å². The maximum atomic E-state index is 11.2. The largest absolute Gasteiger partial charge is 0.293 e. The molecule has 3 aromatic rings. The van der Waals surface area contributed by atoms with Gasteiger partial charge in [-0.15, -0.1) is 0 Å². The Morgan fingerprint density at radius 1 is 1.00 bits per heavy atom. The molecule has 8 heteroatoms. The highest BCUT2D eigenvalue weighted by Crippen LogP contribution is 2.32. The van der Waals surface area contributed by atoms with Crippen LogP contribution in [-0.4, -0.2) is 29.6 Å². The number of rotatable bonds is 6. The Bertz CT molecular complexity index is 877. The van der Waals surface area contributed by atoms with Gasteiger partial charge in [0.2, 0.25) is 10.0 Å². The van der Waals surface area contributed by atoms with Gasteiger partial charge >= 0.3 is 0 Å². The second-order valence-corrected chi connectivity index (χ2v) is 7.21. The van der Waals surface area contributed by atoms with E-state index in [-0.39, 0.29) is 6.54 Å². The number of hydrogen-bond acceptors (Lipinski definition) is 6. The molecule has 0 radical (unpaired) electrons. The van der Waals surface area contributed by atoms with E-state index in [1.807, 2.05) is 47.4 Å². The van der Waals surface area contributed by atoms with Crippen molar-refractivity contribution < 1.29 is 8.42 Å². The van der Waals surface area contributed by atoms with E-state index in [1.165, 1.54) is 6.33 Å². The third kappa shape index (κ3) is 4.59. The van der Waals surface area contributed by atoms with Gasteiger partial charge < -0.3 is 0 Å². The Morgan fingerprint density at radius 2 is 1.80 bits per heavy atom. The van der Waals surface area contributed by atoms with Gasteiger partial charge in [-0.1, -0.05) is 12.1 Å². The Hall–Kier alpha value is -2.84.